The standard InChI is InChI=1S/C15H29N3O/c1-3-7-17-8-4-13(5-9-17)15(19)18-10-6-14(16)11-12(18)2/h12-14H,3-11,16H2,1-2H3/t12-,14+/m0/s1. The van der Waals surface area contributed by atoms with Gasteiger partial charge in [0.05, 0.1) is 0 Å². The van der Waals surface area contributed by atoms with Crippen LogP contribution in [-0.4, -0.2) is 54.0 Å². The summed E-state index contributed by atoms with van der Waals surface area (Å²) in [5.41, 5.74) is 5.97. The predicted octanol–water partition coefficient (Wildman–Crippen LogP) is 1.45. The highest BCUT2D eigenvalue weighted by Crippen LogP contribution is 2.24. The second kappa shape index (κ2) is 6.71. The van der Waals surface area contributed by atoms with Crippen LogP contribution in [0.2, 0.25) is 0 Å². The third kappa shape index (κ3) is 3.69. The lowest BCUT2D eigenvalue weighted by Gasteiger charge is -2.40. The molecule has 2 aliphatic heterocycles. The van der Waals surface area contributed by atoms with E-state index in [4.69, 9.17) is 5.73 Å². The number of likely N-dealkylation sites (tertiary alicyclic amines) is 2. The van der Waals surface area contributed by atoms with Gasteiger partial charge in [0.2, 0.25) is 5.91 Å². The molecule has 2 N–H and O–H groups in total. The fourth-order valence-corrected chi connectivity index (χ4v) is 3.49. The SMILES string of the molecule is CCCN1CCC(C(=O)N2CC[C@@H](N)C[C@@H]2C)CC1. The van der Waals surface area contributed by atoms with Crippen molar-refractivity contribution in [1.29, 1.82) is 0 Å². The van der Waals surface area contributed by atoms with Crippen LogP contribution in [0.15, 0.2) is 0 Å². The molecule has 0 aromatic heterocycles. The second-order valence-corrected chi connectivity index (χ2v) is 6.28. The number of carbonyl (C=O) groups excluding carboxylic acids is 1. The van der Waals surface area contributed by atoms with Gasteiger partial charge >= 0.3 is 0 Å². The summed E-state index contributed by atoms with van der Waals surface area (Å²) in [7, 11) is 0. The van der Waals surface area contributed by atoms with Gasteiger partial charge in [0.15, 0.2) is 0 Å². The largest absolute Gasteiger partial charge is 0.340 e. The smallest absolute Gasteiger partial charge is 0.226 e. The van der Waals surface area contributed by atoms with Crippen LogP contribution in [-0.2, 0) is 4.79 Å². The van der Waals surface area contributed by atoms with Gasteiger partial charge in [-0.1, -0.05) is 6.92 Å². The first-order chi connectivity index (χ1) is 9.11. The van der Waals surface area contributed by atoms with Gasteiger partial charge in [0.1, 0.15) is 0 Å². The molecule has 0 unspecified atom stereocenters. The van der Waals surface area contributed by atoms with Crippen LogP contribution in [0.1, 0.15) is 46.0 Å². The molecule has 2 heterocycles. The van der Waals surface area contributed by atoms with Gasteiger partial charge in [-0.15, -0.1) is 0 Å². The Morgan fingerprint density at radius 1 is 1.21 bits per heavy atom. The van der Waals surface area contributed by atoms with Gasteiger partial charge in [-0.05, 0) is 58.7 Å². The van der Waals surface area contributed by atoms with E-state index in [9.17, 15) is 4.79 Å². The molecular formula is C15H29N3O. The molecule has 0 aliphatic carbocycles. The molecule has 1 amide bonds. The Morgan fingerprint density at radius 3 is 2.47 bits per heavy atom. The summed E-state index contributed by atoms with van der Waals surface area (Å²) in [6.45, 7) is 8.57. The van der Waals surface area contributed by atoms with E-state index in [1.54, 1.807) is 0 Å². The molecule has 0 aromatic carbocycles. The van der Waals surface area contributed by atoms with Crippen molar-refractivity contribution in [2.75, 3.05) is 26.2 Å². The van der Waals surface area contributed by atoms with Crippen LogP contribution < -0.4 is 5.73 Å². The lowest BCUT2D eigenvalue weighted by Crippen LogP contribution is -2.51. The monoisotopic (exact) mass is 267 g/mol. The molecule has 19 heavy (non-hydrogen) atoms. The highest BCUT2D eigenvalue weighted by molar-refractivity contribution is 5.79. The summed E-state index contributed by atoms with van der Waals surface area (Å²) in [4.78, 5) is 17.2. The van der Waals surface area contributed by atoms with E-state index in [2.05, 4.69) is 23.6 Å². The molecule has 2 rings (SSSR count). The highest BCUT2D eigenvalue weighted by Gasteiger charge is 2.33. The summed E-state index contributed by atoms with van der Waals surface area (Å²) in [5.74, 6) is 0.639. The summed E-state index contributed by atoms with van der Waals surface area (Å²) < 4.78 is 0. The van der Waals surface area contributed by atoms with Gasteiger partial charge in [-0.25, -0.2) is 0 Å². The maximum Gasteiger partial charge on any atom is 0.226 e. The third-order valence-electron chi connectivity index (χ3n) is 4.68. The summed E-state index contributed by atoms with van der Waals surface area (Å²) in [5, 5.41) is 0. The zero-order valence-electron chi connectivity index (χ0n) is 12.5. The Balaban J connectivity index is 1.84. The van der Waals surface area contributed by atoms with Crippen molar-refractivity contribution in [2.24, 2.45) is 11.7 Å². The van der Waals surface area contributed by atoms with Crippen molar-refractivity contribution in [3.63, 3.8) is 0 Å². The summed E-state index contributed by atoms with van der Waals surface area (Å²) >= 11 is 0. The first-order valence-electron chi connectivity index (χ1n) is 7.90. The van der Waals surface area contributed by atoms with Crippen molar-refractivity contribution >= 4 is 5.91 Å². The van der Waals surface area contributed by atoms with Crippen molar-refractivity contribution in [2.45, 2.75) is 58.0 Å². The van der Waals surface area contributed by atoms with Crippen LogP contribution in [0.25, 0.3) is 0 Å². The molecule has 2 aliphatic rings. The fraction of sp³-hybridized carbons (Fsp3) is 0.933. The normalized spacial score (nSPS) is 30.6. The minimum Gasteiger partial charge on any atom is -0.340 e. The first kappa shape index (κ1) is 14.8. The second-order valence-electron chi connectivity index (χ2n) is 6.28. The average Bonchev–Trinajstić information content (AvgIpc) is 2.39. The van der Waals surface area contributed by atoms with E-state index in [1.165, 1.54) is 13.0 Å². The van der Waals surface area contributed by atoms with E-state index in [0.29, 0.717) is 11.9 Å². The van der Waals surface area contributed by atoms with E-state index in [1.807, 2.05) is 0 Å². The van der Waals surface area contributed by atoms with E-state index in [0.717, 1.165) is 45.3 Å². The summed E-state index contributed by atoms with van der Waals surface area (Å²) in [6.07, 6.45) is 5.20. The van der Waals surface area contributed by atoms with Crippen LogP contribution in [0.3, 0.4) is 0 Å². The zero-order chi connectivity index (χ0) is 13.8. The van der Waals surface area contributed by atoms with Crippen molar-refractivity contribution in [3.8, 4) is 0 Å². The molecule has 110 valence electrons. The number of nitrogens with two attached hydrogens (primary N) is 1. The molecule has 2 fully saturated rings. The first-order valence-corrected chi connectivity index (χ1v) is 7.90. The number of nitrogens with zero attached hydrogens (tertiary/aromatic N) is 2. The van der Waals surface area contributed by atoms with Gasteiger partial charge in [-0.2, -0.15) is 0 Å². The maximum atomic E-state index is 12.6. The minimum absolute atomic E-state index is 0.255. The lowest BCUT2D eigenvalue weighted by molar-refractivity contribution is -0.140. The highest BCUT2D eigenvalue weighted by atomic mass is 16.2. The van der Waals surface area contributed by atoms with E-state index in [-0.39, 0.29) is 12.0 Å². The Morgan fingerprint density at radius 2 is 1.89 bits per heavy atom. The van der Waals surface area contributed by atoms with E-state index >= 15 is 0 Å². The predicted molar refractivity (Wildman–Crippen MR) is 77.8 cm³/mol. The minimum atomic E-state index is 0.255. The molecule has 0 saturated carbocycles. The molecule has 0 radical (unpaired) electrons. The zero-order valence-corrected chi connectivity index (χ0v) is 12.5. The van der Waals surface area contributed by atoms with Crippen molar-refractivity contribution < 1.29 is 4.79 Å². The molecule has 0 bridgehead atoms. The van der Waals surface area contributed by atoms with Gasteiger partial charge < -0.3 is 15.5 Å². The Kier molecular flexibility index (Phi) is 5.22. The van der Waals surface area contributed by atoms with Gasteiger partial charge in [0.25, 0.3) is 0 Å². The molecular weight excluding hydrogens is 238 g/mol. The molecule has 0 spiro atoms. The van der Waals surface area contributed by atoms with Gasteiger partial charge in [-0.3, -0.25) is 4.79 Å². The summed E-state index contributed by atoms with van der Waals surface area (Å²) in [6, 6.07) is 0.607. The molecule has 2 saturated heterocycles. The number of hydrogen-bond acceptors (Lipinski definition) is 3. The van der Waals surface area contributed by atoms with Crippen molar-refractivity contribution in [3.05, 3.63) is 0 Å². The van der Waals surface area contributed by atoms with Crippen LogP contribution >= 0.6 is 0 Å². The molecule has 4 nitrogen and oxygen atoms in total. The lowest BCUT2D eigenvalue weighted by atomic mass is 9.92. The molecule has 2 atom stereocenters. The maximum absolute atomic E-state index is 12.6. The van der Waals surface area contributed by atoms with Crippen LogP contribution in [0, 0.1) is 5.92 Å². The third-order valence-corrected chi connectivity index (χ3v) is 4.68. The van der Waals surface area contributed by atoms with Crippen LogP contribution in [0.5, 0.6) is 0 Å². The quantitative estimate of drug-likeness (QED) is 0.842. The molecule has 0 aromatic rings. The number of rotatable bonds is 3. The Bertz CT molecular complexity index is 300. The Labute approximate surface area is 117 Å². The number of piperidine rings is 2. The number of hydrogen-bond donors (Lipinski definition) is 1. The van der Waals surface area contributed by atoms with Crippen LogP contribution in [0.4, 0.5) is 0 Å². The molecule has 4 heteroatoms. The number of amides is 1. The average molecular weight is 267 g/mol. The number of carbonyl (C=O) groups is 1. The topological polar surface area (TPSA) is 49.6 Å². The fourth-order valence-electron chi connectivity index (χ4n) is 3.49. The Hall–Kier alpha value is -0.610. The van der Waals surface area contributed by atoms with Crippen molar-refractivity contribution in [1.82, 2.24) is 9.80 Å². The van der Waals surface area contributed by atoms with Gasteiger partial charge in [0, 0.05) is 24.5 Å². The van der Waals surface area contributed by atoms with E-state index < -0.39 is 0 Å².